The van der Waals surface area contributed by atoms with E-state index in [1.165, 1.54) is 66.1 Å². The molecule has 0 saturated carbocycles. The van der Waals surface area contributed by atoms with Crippen molar-refractivity contribution in [2.24, 2.45) is 0 Å². The van der Waals surface area contributed by atoms with Crippen LogP contribution in [0.4, 0.5) is 0 Å². The van der Waals surface area contributed by atoms with E-state index in [0.29, 0.717) is 5.92 Å². The van der Waals surface area contributed by atoms with Crippen LogP contribution in [-0.4, -0.2) is 0 Å². The number of fused-ring (bicyclic) bond motifs is 7. The molecule has 5 aromatic carbocycles. The van der Waals surface area contributed by atoms with Gasteiger partial charge in [-0.15, -0.1) is 0 Å². The van der Waals surface area contributed by atoms with Crippen LogP contribution >= 0.6 is 0 Å². The molecule has 0 N–H and O–H groups in total. The molecule has 0 amide bonds. The van der Waals surface area contributed by atoms with Crippen LogP contribution < -0.4 is 0 Å². The predicted octanol–water partition coefficient (Wildman–Crippen LogP) is 10.0. The summed E-state index contributed by atoms with van der Waals surface area (Å²) in [5, 5.41) is 5.11. The van der Waals surface area contributed by atoms with Gasteiger partial charge in [0.25, 0.3) is 0 Å². The maximum Gasteiger partial charge on any atom is 0.136 e. The Bertz CT molecular complexity index is 2060. The molecule has 1 heteroatoms. The quantitative estimate of drug-likeness (QED) is 0.225. The van der Waals surface area contributed by atoms with Crippen LogP contribution in [0.25, 0.3) is 55.5 Å². The number of allylic oxidation sites excluding steroid dienone is 2. The highest BCUT2D eigenvalue weighted by atomic mass is 16.3. The second kappa shape index (κ2) is 6.94. The van der Waals surface area contributed by atoms with E-state index in [-0.39, 0.29) is 5.41 Å². The average molecular weight is 487 g/mol. The second-order valence-electron chi connectivity index (χ2n) is 11.7. The van der Waals surface area contributed by atoms with E-state index in [2.05, 4.69) is 117 Å². The van der Waals surface area contributed by atoms with Gasteiger partial charge in [0.15, 0.2) is 0 Å². The Balaban J connectivity index is 1.37. The molecule has 0 bridgehead atoms. The minimum absolute atomic E-state index is 0.0608. The molecular weight excluding hydrogens is 460 g/mol. The van der Waals surface area contributed by atoms with Gasteiger partial charge >= 0.3 is 0 Å². The molecule has 3 aliphatic rings. The molecule has 0 spiro atoms. The van der Waals surface area contributed by atoms with E-state index < -0.39 is 0 Å². The van der Waals surface area contributed by atoms with Gasteiger partial charge in [-0.2, -0.15) is 0 Å². The van der Waals surface area contributed by atoms with Crippen molar-refractivity contribution >= 4 is 44.4 Å². The van der Waals surface area contributed by atoms with E-state index in [1.54, 1.807) is 5.57 Å². The lowest BCUT2D eigenvalue weighted by atomic mass is 9.69. The Morgan fingerprint density at radius 2 is 1.58 bits per heavy atom. The number of furan rings is 1. The van der Waals surface area contributed by atoms with E-state index >= 15 is 0 Å². The normalized spacial score (nSPS) is 18.4. The maximum absolute atomic E-state index is 6.46. The van der Waals surface area contributed by atoms with Gasteiger partial charge in [-0.3, -0.25) is 0 Å². The van der Waals surface area contributed by atoms with Crippen LogP contribution in [0.5, 0.6) is 0 Å². The van der Waals surface area contributed by atoms with Crippen molar-refractivity contribution in [2.75, 3.05) is 0 Å². The van der Waals surface area contributed by atoms with Crippen molar-refractivity contribution in [3.8, 4) is 11.1 Å². The van der Waals surface area contributed by atoms with E-state index in [0.717, 1.165) is 17.6 Å². The van der Waals surface area contributed by atoms with Gasteiger partial charge in [0, 0.05) is 22.1 Å². The zero-order chi connectivity index (χ0) is 25.2. The summed E-state index contributed by atoms with van der Waals surface area (Å²) in [6.07, 6.45) is 5.93. The minimum atomic E-state index is 0.0608. The topological polar surface area (TPSA) is 13.1 Å². The highest BCUT2D eigenvalue weighted by Crippen LogP contribution is 2.58. The van der Waals surface area contributed by atoms with Gasteiger partial charge < -0.3 is 4.42 Å². The van der Waals surface area contributed by atoms with Crippen LogP contribution in [0, 0.1) is 0 Å². The summed E-state index contributed by atoms with van der Waals surface area (Å²) in [4.78, 5) is 0. The van der Waals surface area contributed by atoms with E-state index in [9.17, 15) is 0 Å². The summed E-state index contributed by atoms with van der Waals surface area (Å²) in [6.45, 7) is 4.81. The molecule has 1 nitrogen and oxygen atoms in total. The highest BCUT2D eigenvalue weighted by molar-refractivity contribution is 6.19. The average Bonchev–Trinajstić information content (AvgIpc) is 3.43. The predicted molar refractivity (Wildman–Crippen MR) is 159 cm³/mol. The lowest BCUT2D eigenvalue weighted by molar-refractivity contribution is 0.590. The number of hydrogen-bond donors (Lipinski definition) is 0. The van der Waals surface area contributed by atoms with Crippen LogP contribution in [0.1, 0.15) is 54.0 Å². The van der Waals surface area contributed by atoms with Crippen molar-refractivity contribution in [1.82, 2.24) is 0 Å². The summed E-state index contributed by atoms with van der Waals surface area (Å²) in [5.41, 5.74) is 14.6. The molecule has 1 atom stereocenters. The Labute approximate surface area is 221 Å². The van der Waals surface area contributed by atoms with E-state index in [4.69, 9.17) is 4.42 Å². The lowest BCUT2D eigenvalue weighted by Gasteiger charge is -2.34. The molecule has 3 aliphatic carbocycles. The second-order valence-corrected chi connectivity index (χ2v) is 11.7. The molecule has 0 fully saturated rings. The summed E-state index contributed by atoms with van der Waals surface area (Å²) in [5.74, 6) is 0.407. The third kappa shape index (κ3) is 2.47. The Hall–Kier alpha value is -4.36. The van der Waals surface area contributed by atoms with Crippen LogP contribution in [-0.2, 0) is 5.41 Å². The van der Waals surface area contributed by atoms with Gasteiger partial charge in [0.05, 0.1) is 0 Å². The molecule has 1 unspecified atom stereocenters. The van der Waals surface area contributed by atoms with Gasteiger partial charge in [0.2, 0.25) is 0 Å². The van der Waals surface area contributed by atoms with Gasteiger partial charge in [-0.25, -0.2) is 0 Å². The molecule has 1 aromatic heterocycles. The molecular formula is C37H26O. The fourth-order valence-electron chi connectivity index (χ4n) is 7.65. The van der Waals surface area contributed by atoms with Crippen molar-refractivity contribution in [3.63, 3.8) is 0 Å². The van der Waals surface area contributed by atoms with Gasteiger partial charge in [0.1, 0.15) is 11.2 Å². The first-order chi connectivity index (χ1) is 18.6. The Morgan fingerprint density at radius 3 is 2.47 bits per heavy atom. The fraction of sp³-hybridized carbons (Fsp3) is 0.135. The Morgan fingerprint density at radius 1 is 0.737 bits per heavy atom. The summed E-state index contributed by atoms with van der Waals surface area (Å²) in [7, 11) is 0. The summed E-state index contributed by atoms with van der Waals surface area (Å²) >= 11 is 0. The van der Waals surface area contributed by atoms with Crippen LogP contribution in [0.2, 0.25) is 0 Å². The number of rotatable bonds is 1. The number of benzene rings is 5. The Kier molecular flexibility index (Phi) is 3.77. The number of hydrogen-bond acceptors (Lipinski definition) is 1. The molecule has 180 valence electrons. The molecule has 0 aliphatic heterocycles. The molecule has 6 aromatic rings. The molecule has 38 heavy (non-hydrogen) atoms. The maximum atomic E-state index is 6.46. The van der Waals surface area contributed by atoms with Crippen LogP contribution in [0.15, 0.2) is 107 Å². The van der Waals surface area contributed by atoms with Crippen molar-refractivity contribution in [1.29, 1.82) is 0 Å². The molecule has 0 radical (unpaired) electrons. The van der Waals surface area contributed by atoms with Crippen LogP contribution in [0.3, 0.4) is 0 Å². The van der Waals surface area contributed by atoms with Gasteiger partial charge in [-0.1, -0.05) is 104 Å². The SMILES string of the molecule is CC1(C)C2=C(c3ccccc31)c1ccc3cc4oc5ccc(-c6ccccc6)cc5c4c4c3c1C(C=C4)C2. The first-order valence-electron chi connectivity index (χ1n) is 13.6. The standard InChI is InChI=1S/C37H26O/c1-37(2)29-11-7-6-10-25(29)35-26-15-13-24-20-32-36(27-16-12-23(19-30(35)37)33(26)34(24)27)28-18-22(14-17-31(28)38-32)21-8-4-3-5-9-21/h3-18,20,23H,19H2,1-2H3. The zero-order valence-electron chi connectivity index (χ0n) is 21.5. The fourth-order valence-corrected chi connectivity index (χ4v) is 7.65. The third-order valence-corrected chi connectivity index (χ3v) is 9.41. The summed E-state index contributed by atoms with van der Waals surface area (Å²) < 4.78 is 6.46. The lowest BCUT2D eigenvalue weighted by Crippen LogP contribution is -2.21. The largest absolute Gasteiger partial charge is 0.456 e. The van der Waals surface area contributed by atoms with E-state index in [1.807, 2.05) is 0 Å². The monoisotopic (exact) mass is 486 g/mol. The third-order valence-electron chi connectivity index (χ3n) is 9.41. The first kappa shape index (κ1) is 20.7. The minimum Gasteiger partial charge on any atom is -0.456 e. The van der Waals surface area contributed by atoms with Crippen molar-refractivity contribution < 1.29 is 4.42 Å². The molecule has 0 saturated heterocycles. The molecule has 1 heterocycles. The molecule has 9 rings (SSSR count). The highest BCUT2D eigenvalue weighted by Gasteiger charge is 2.43. The van der Waals surface area contributed by atoms with Crippen molar-refractivity contribution in [3.05, 3.63) is 130 Å². The zero-order valence-corrected chi connectivity index (χ0v) is 21.5. The first-order valence-corrected chi connectivity index (χ1v) is 13.6. The van der Waals surface area contributed by atoms with Crippen molar-refractivity contribution in [2.45, 2.75) is 31.6 Å². The smallest absolute Gasteiger partial charge is 0.136 e. The van der Waals surface area contributed by atoms with Gasteiger partial charge in [-0.05, 0) is 79.9 Å². The summed E-state index contributed by atoms with van der Waals surface area (Å²) in [6, 6.07) is 33.3.